The summed E-state index contributed by atoms with van der Waals surface area (Å²) >= 11 is 3.43. The third-order valence-electron chi connectivity index (χ3n) is 3.60. The number of aromatic nitrogens is 2. The Hall–Kier alpha value is -2.14. The number of halogens is 1. The van der Waals surface area contributed by atoms with Crippen molar-refractivity contribution in [2.24, 2.45) is 0 Å². The van der Waals surface area contributed by atoms with Gasteiger partial charge in [-0.3, -0.25) is 4.40 Å². The third kappa shape index (κ3) is 2.34. The largest absolute Gasteiger partial charge is 0.478 e. The number of nitrogens with zero attached hydrogens (tertiary/aromatic N) is 2. The molecule has 0 saturated heterocycles. The van der Waals surface area contributed by atoms with Crippen LogP contribution in [0.2, 0.25) is 0 Å². The summed E-state index contributed by atoms with van der Waals surface area (Å²) in [5.74, 6) is -0.226. The zero-order chi connectivity index (χ0) is 15.1. The molecule has 0 aliphatic carbocycles. The van der Waals surface area contributed by atoms with Crippen molar-refractivity contribution < 1.29 is 9.90 Å². The second kappa shape index (κ2) is 5.00. The highest BCUT2D eigenvalue weighted by Crippen LogP contribution is 2.27. The highest BCUT2D eigenvalue weighted by molar-refractivity contribution is 9.10. The number of carboxylic acid groups (broad SMARTS) is 1. The van der Waals surface area contributed by atoms with Crippen LogP contribution in [-0.2, 0) is 0 Å². The van der Waals surface area contributed by atoms with E-state index in [0.29, 0.717) is 4.60 Å². The van der Waals surface area contributed by atoms with Gasteiger partial charge in [-0.25, -0.2) is 9.78 Å². The van der Waals surface area contributed by atoms with Crippen LogP contribution in [0.3, 0.4) is 0 Å². The van der Waals surface area contributed by atoms with Crippen LogP contribution in [0.15, 0.2) is 41.1 Å². The molecule has 0 unspecified atom stereocenters. The number of aromatic carboxylic acids is 1. The number of imidazole rings is 1. The quantitative estimate of drug-likeness (QED) is 0.761. The first kappa shape index (κ1) is 13.8. The Kier molecular flexibility index (Phi) is 3.29. The number of hydrogen-bond donors (Lipinski definition) is 1. The normalized spacial score (nSPS) is 11.0. The second-order valence-corrected chi connectivity index (χ2v) is 5.75. The molecule has 4 nitrogen and oxygen atoms in total. The Balaban J connectivity index is 2.28. The topological polar surface area (TPSA) is 54.6 Å². The number of fused-ring (bicyclic) bond motifs is 1. The fourth-order valence-corrected chi connectivity index (χ4v) is 2.75. The molecule has 3 rings (SSSR count). The van der Waals surface area contributed by atoms with Gasteiger partial charge in [-0.2, -0.15) is 0 Å². The van der Waals surface area contributed by atoms with Crippen LogP contribution >= 0.6 is 15.9 Å². The Bertz CT molecular complexity index is 868. The number of aryl methyl sites for hydroxylation is 2. The Labute approximate surface area is 130 Å². The predicted octanol–water partition coefficient (Wildman–Crippen LogP) is 4.08. The van der Waals surface area contributed by atoms with Gasteiger partial charge in [0.1, 0.15) is 10.4 Å². The molecule has 2 aromatic heterocycles. The molecule has 0 aliphatic rings. The summed E-state index contributed by atoms with van der Waals surface area (Å²) in [7, 11) is 0. The van der Waals surface area contributed by atoms with E-state index in [-0.39, 0.29) is 5.56 Å². The van der Waals surface area contributed by atoms with E-state index < -0.39 is 5.97 Å². The first-order valence-electron chi connectivity index (χ1n) is 6.46. The molecule has 5 heteroatoms. The maximum Gasteiger partial charge on any atom is 0.337 e. The second-order valence-electron chi connectivity index (χ2n) is 5.00. The molecule has 0 spiro atoms. The molecular formula is C16H13BrN2O2. The number of hydrogen-bond acceptors (Lipinski definition) is 2. The summed E-state index contributed by atoms with van der Waals surface area (Å²) in [5.41, 5.74) is 4.42. The fourth-order valence-electron chi connectivity index (χ4n) is 2.26. The highest BCUT2D eigenvalue weighted by Gasteiger charge is 2.13. The number of pyridine rings is 1. The van der Waals surface area contributed by atoms with E-state index >= 15 is 0 Å². The van der Waals surface area contributed by atoms with Crippen molar-refractivity contribution in [3.63, 3.8) is 0 Å². The summed E-state index contributed by atoms with van der Waals surface area (Å²) in [6.07, 6.45) is 1.60. The van der Waals surface area contributed by atoms with Gasteiger partial charge < -0.3 is 5.11 Å². The summed E-state index contributed by atoms with van der Waals surface area (Å²) in [4.78, 5) is 15.7. The predicted molar refractivity (Wildman–Crippen MR) is 84.8 cm³/mol. The number of carbonyl (C=O) groups is 1. The minimum Gasteiger partial charge on any atom is -0.478 e. The summed E-state index contributed by atoms with van der Waals surface area (Å²) in [6, 6.07) is 9.43. The molecule has 106 valence electrons. The Morgan fingerprint density at radius 3 is 2.62 bits per heavy atom. The van der Waals surface area contributed by atoms with Crippen molar-refractivity contribution in [3.8, 4) is 11.4 Å². The van der Waals surface area contributed by atoms with Crippen LogP contribution in [0, 0.1) is 13.8 Å². The molecule has 2 heterocycles. The average Bonchev–Trinajstić information content (AvgIpc) is 2.79. The lowest BCUT2D eigenvalue weighted by atomic mass is 10.1. The molecule has 0 atom stereocenters. The van der Waals surface area contributed by atoms with Gasteiger partial charge in [0.25, 0.3) is 0 Å². The van der Waals surface area contributed by atoms with Crippen LogP contribution in [0.5, 0.6) is 0 Å². The van der Waals surface area contributed by atoms with Gasteiger partial charge in [0.15, 0.2) is 0 Å². The van der Waals surface area contributed by atoms with Crippen LogP contribution in [0.1, 0.15) is 21.5 Å². The molecule has 0 amide bonds. The van der Waals surface area contributed by atoms with Gasteiger partial charge in [0.2, 0.25) is 0 Å². The minimum absolute atomic E-state index is 0.234. The van der Waals surface area contributed by atoms with E-state index in [0.717, 1.165) is 16.9 Å². The Morgan fingerprint density at radius 2 is 1.95 bits per heavy atom. The van der Waals surface area contributed by atoms with Crippen molar-refractivity contribution in [2.75, 3.05) is 0 Å². The summed E-state index contributed by atoms with van der Waals surface area (Å²) in [6.45, 7) is 4.10. The molecule has 21 heavy (non-hydrogen) atoms. The lowest BCUT2D eigenvalue weighted by Gasteiger charge is -2.05. The highest BCUT2D eigenvalue weighted by atomic mass is 79.9. The number of rotatable bonds is 2. The lowest BCUT2D eigenvalue weighted by molar-refractivity contribution is 0.0696. The molecular weight excluding hydrogens is 332 g/mol. The van der Waals surface area contributed by atoms with E-state index in [1.165, 1.54) is 11.1 Å². The van der Waals surface area contributed by atoms with E-state index in [9.17, 15) is 4.79 Å². The van der Waals surface area contributed by atoms with Crippen molar-refractivity contribution in [2.45, 2.75) is 13.8 Å². The van der Waals surface area contributed by atoms with Gasteiger partial charge in [-0.05, 0) is 59.1 Å². The number of benzene rings is 1. The smallest absolute Gasteiger partial charge is 0.337 e. The molecule has 0 radical (unpaired) electrons. The molecule has 0 saturated carbocycles. The molecule has 1 N–H and O–H groups in total. The average molecular weight is 345 g/mol. The van der Waals surface area contributed by atoms with Gasteiger partial charge in [-0.1, -0.05) is 12.1 Å². The van der Waals surface area contributed by atoms with E-state index in [2.05, 4.69) is 33.9 Å². The first-order chi connectivity index (χ1) is 9.97. The van der Waals surface area contributed by atoms with Crippen molar-refractivity contribution in [3.05, 3.63) is 57.8 Å². The van der Waals surface area contributed by atoms with Crippen molar-refractivity contribution in [1.29, 1.82) is 0 Å². The maximum absolute atomic E-state index is 11.2. The number of carboxylic acids is 1. The van der Waals surface area contributed by atoms with Crippen LogP contribution in [0.4, 0.5) is 0 Å². The molecule has 0 aliphatic heterocycles. The maximum atomic E-state index is 11.2. The third-order valence-corrected chi connectivity index (χ3v) is 4.19. The van der Waals surface area contributed by atoms with Crippen LogP contribution in [-0.4, -0.2) is 20.5 Å². The first-order valence-corrected chi connectivity index (χ1v) is 7.25. The minimum atomic E-state index is -0.951. The molecule has 3 aromatic rings. The molecule has 0 fully saturated rings. The van der Waals surface area contributed by atoms with Gasteiger partial charge >= 0.3 is 5.97 Å². The van der Waals surface area contributed by atoms with Crippen LogP contribution in [0.25, 0.3) is 16.9 Å². The zero-order valence-corrected chi connectivity index (χ0v) is 13.2. The van der Waals surface area contributed by atoms with Gasteiger partial charge in [0, 0.05) is 11.8 Å². The lowest BCUT2D eigenvalue weighted by Crippen LogP contribution is -1.99. The van der Waals surface area contributed by atoms with Gasteiger partial charge in [-0.15, -0.1) is 0 Å². The van der Waals surface area contributed by atoms with Crippen LogP contribution < -0.4 is 0 Å². The van der Waals surface area contributed by atoms with E-state index in [1.807, 2.05) is 19.1 Å². The monoisotopic (exact) mass is 344 g/mol. The molecule has 0 bridgehead atoms. The van der Waals surface area contributed by atoms with E-state index in [1.54, 1.807) is 22.7 Å². The summed E-state index contributed by atoms with van der Waals surface area (Å²) < 4.78 is 2.50. The zero-order valence-electron chi connectivity index (χ0n) is 11.6. The van der Waals surface area contributed by atoms with E-state index in [4.69, 9.17) is 5.11 Å². The van der Waals surface area contributed by atoms with Crippen molar-refractivity contribution in [1.82, 2.24) is 9.38 Å². The fraction of sp³-hybridized carbons (Fsp3) is 0.125. The summed E-state index contributed by atoms with van der Waals surface area (Å²) in [5, 5.41) is 9.15. The molecule has 1 aromatic carbocycles. The van der Waals surface area contributed by atoms with Gasteiger partial charge in [0.05, 0.1) is 11.1 Å². The Morgan fingerprint density at radius 1 is 1.19 bits per heavy atom. The SMILES string of the molecule is Cc1ccc(-c2nc(Br)c3ccc(C(=O)O)cn23)cc1C. The van der Waals surface area contributed by atoms with Crippen molar-refractivity contribution >= 4 is 27.4 Å². The standard InChI is InChI=1S/C16H13BrN2O2/c1-9-3-4-11(7-10(9)2)15-18-14(17)13-6-5-12(16(20)21)8-19(13)15/h3-8H,1-2H3,(H,20,21).